The molecule has 0 aromatic heterocycles. The topological polar surface area (TPSA) is 44.6 Å². The van der Waals surface area contributed by atoms with Crippen LogP contribution in [-0.4, -0.2) is 36.6 Å². The molecule has 158 valence electrons. The van der Waals surface area contributed by atoms with Crippen molar-refractivity contribution in [1.29, 1.82) is 0 Å². The van der Waals surface area contributed by atoms with E-state index < -0.39 is 0 Å². The number of hydrogen-bond acceptors (Lipinski definition) is 3. The summed E-state index contributed by atoms with van der Waals surface area (Å²) in [5.74, 6) is 3.19. The predicted octanol–water partition coefficient (Wildman–Crippen LogP) is 5.00. The van der Waals surface area contributed by atoms with Gasteiger partial charge in [-0.15, -0.1) is 0 Å². The number of allylic oxidation sites excluding steroid dienone is 1. The van der Waals surface area contributed by atoms with E-state index in [0.29, 0.717) is 22.8 Å². The first kappa shape index (κ1) is 20.6. The summed E-state index contributed by atoms with van der Waals surface area (Å²) in [7, 11) is 2.02. The van der Waals surface area contributed by atoms with Crippen molar-refractivity contribution < 1.29 is 5.11 Å². The quantitative estimate of drug-likeness (QED) is 0.528. The lowest BCUT2D eigenvalue weighted by atomic mass is 9.47. The molecule has 0 saturated heterocycles. The van der Waals surface area contributed by atoms with Gasteiger partial charge in [-0.1, -0.05) is 25.5 Å². The fraction of sp³-hybridized carbons (Fsp3) is 0.880. The molecule has 2 N–H and O–H groups in total. The second kappa shape index (κ2) is 7.54. The van der Waals surface area contributed by atoms with Crippen molar-refractivity contribution >= 4 is 5.71 Å². The maximum atomic E-state index is 10.2. The van der Waals surface area contributed by atoms with Crippen molar-refractivity contribution in [3.8, 4) is 0 Å². The lowest BCUT2D eigenvalue weighted by Crippen LogP contribution is -2.51. The smallest absolute Gasteiger partial charge is 0.0595 e. The van der Waals surface area contributed by atoms with Crippen molar-refractivity contribution in [2.24, 2.45) is 39.5 Å². The Hall–Kier alpha value is -0.670. The number of hydrogen-bond donors (Lipinski definition) is 2. The van der Waals surface area contributed by atoms with Gasteiger partial charge >= 0.3 is 0 Å². The Balaban J connectivity index is 1.57. The van der Waals surface area contributed by atoms with E-state index in [1.165, 1.54) is 44.2 Å². The standard InChI is InChI=1S/C25H42N2O/c1-16(15-26-5)27-17(2)21-8-9-22-20-7-6-18-14-19(28)10-12-24(18,3)23(20)11-13-25(21,22)4/h6,16,19-23,26,28H,7-15H2,1-5H3/b27-17+/t16?,19-,20+,21-,22+,23+,24+,25-/m1/s1. The molecule has 4 rings (SSSR count). The predicted molar refractivity (Wildman–Crippen MR) is 118 cm³/mol. The normalized spacial score (nSPS) is 47.0. The second-order valence-corrected chi connectivity index (χ2v) is 11.0. The molecule has 0 heterocycles. The summed E-state index contributed by atoms with van der Waals surface area (Å²) in [4.78, 5) is 5.09. The molecule has 0 bridgehead atoms. The maximum absolute atomic E-state index is 10.2. The van der Waals surface area contributed by atoms with Crippen molar-refractivity contribution in [3.05, 3.63) is 11.6 Å². The lowest BCUT2D eigenvalue weighted by molar-refractivity contribution is -0.0423. The average Bonchev–Trinajstić information content (AvgIpc) is 3.00. The highest BCUT2D eigenvalue weighted by Gasteiger charge is 2.58. The first-order valence-electron chi connectivity index (χ1n) is 11.9. The van der Waals surface area contributed by atoms with Gasteiger partial charge in [0.1, 0.15) is 0 Å². The molecule has 0 amide bonds. The Morgan fingerprint density at radius 3 is 2.75 bits per heavy atom. The molecule has 0 spiro atoms. The molecule has 4 aliphatic rings. The second-order valence-electron chi connectivity index (χ2n) is 11.0. The Kier molecular flexibility index (Phi) is 5.55. The van der Waals surface area contributed by atoms with E-state index in [1.54, 1.807) is 5.57 Å². The third kappa shape index (κ3) is 3.21. The number of aliphatic hydroxyl groups is 1. The van der Waals surface area contributed by atoms with Gasteiger partial charge in [0.25, 0.3) is 0 Å². The van der Waals surface area contributed by atoms with Crippen LogP contribution in [0.25, 0.3) is 0 Å². The molecule has 0 aromatic rings. The first-order valence-corrected chi connectivity index (χ1v) is 11.9. The maximum Gasteiger partial charge on any atom is 0.0595 e. The monoisotopic (exact) mass is 386 g/mol. The molecule has 0 aliphatic heterocycles. The van der Waals surface area contributed by atoms with Gasteiger partial charge in [0, 0.05) is 18.2 Å². The van der Waals surface area contributed by atoms with Crippen LogP contribution in [0, 0.1) is 34.5 Å². The Morgan fingerprint density at radius 2 is 2.00 bits per heavy atom. The van der Waals surface area contributed by atoms with Crippen LogP contribution in [0.5, 0.6) is 0 Å². The summed E-state index contributed by atoms with van der Waals surface area (Å²) in [6, 6.07) is 0.372. The average molecular weight is 387 g/mol. The molecule has 3 heteroatoms. The zero-order valence-corrected chi connectivity index (χ0v) is 18.8. The summed E-state index contributed by atoms with van der Waals surface area (Å²) in [5, 5.41) is 13.5. The highest BCUT2D eigenvalue weighted by Crippen LogP contribution is 2.66. The molecule has 3 nitrogen and oxygen atoms in total. The summed E-state index contributed by atoms with van der Waals surface area (Å²) >= 11 is 0. The molecule has 0 radical (unpaired) electrons. The fourth-order valence-corrected chi connectivity index (χ4v) is 8.11. The van der Waals surface area contributed by atoms with Crippen LogP contribution in [0.3, 0.4) is 0 Å². The summed E-state index contributed by atoms with van der Waals surface area (Å²) < 4.78 is 0. The van der Waals surface area contributed by atoms with Gasteiger partial charge in [0.05, 0.1) is 12.1 Å². The van der Waals surface area contributed by atoms with Gasteiger partial charge in [0.2, 0.25) is 0 Å². The number of aliphatic imine (C=N–C) groups is 1. The van der Waals surface area contributed by atoms with Gasteiger partial charge in [-0.05, 0) is 101 Å². The van der Waals surface area contributed by atoms with Crippen LogP contribution in [0.1, 0.15) is 79.1 Å². The molecular weight excluding hydrogens is 344 g/mol. The minimum Gasteiger partial charge on any atom is -0.393 e. The van der Waals surface area contributed by atoms with Gasteiger partial charge in [-0.3, -0.25) is 4.99 Å². The summed E-state index contributed by atoms with van der Waals surface area (Å²) in [5.41, 5.74) is 3.78. The van der Waals surface area contributed by atoms with Gasteiger partial charge in [0.15, 0.2) is 0 Å². The molecule has 1 unspecified atom stereocenters. The van der Waals surface area contributed by atoms with E-state index in [-0.39, 0.29) is 6.10 Å². The van der Waals surface area contributed by atoms with Crippen LogP contribution < -0.4 is 5.32 Å². The van der Waals surface area contributed by atoms with E-state index >= 15 is 0 Å². The Bertz CT molecular complexity index is 655. The van der Waals surface area contributed by atoms with E-state index in [9.17, 15) is 5.11 Å². The van der Waals surface area contributed by atoms with Crippen molar-refractivity contribution in [2.75, 3.05) is 13.6 Å². The number of likely N-dealkylation sites (N-methyl/N-ethyl adjacent to an activating group) is 1. The zero-order chi connectivity index (χ0) is 20.1. The zero-order valence-electron chi connectivity index (χ0n) is 18.8. The minimum absolute atomic E-state index is 0.0981. The van der Waals surface area contributed by atoms with Gasteiger partial charge in [-0.25, -0.2) is 0 Å². The summed E-state index contributed by atoms with van der Waals surface area (Å²) in [6.45, 7) is 10.6. The molecular formula is C25H42N2O. The van der Waals surface area contributed by atoms with Crippen molar-refractivity contribution in [3.63, 3.8) is 0 Å². The van der Waals surface area contributed by atoms with E-state index in [2.05, 4.69) is 39.1 Å². The molecule has 3 fully saturated rings. The highest BCUT2D eigenvalue weighted by molar-refractivity contribution is 5.85. The SMILES string of the molecule is CNCC(C)/N=C(\C)[C@H]1CC[C@H]2[C@@H]3CC=C4C[C@H](O)CC[C@]4(C)[C@H]3CC[C@]12C. The van der Waals surface area contributed by atoms with E-state index in [0.717, 1.165) is 37.1 Å². The Labute approximate surface area is 172 Å². The molecule has 8 atom stereocenters. The number of rotatable bonds is 4. The molecule has 28 heavy (non-hydrogen) atoms. The van der Waals surface area contributed by atoms with E-state index in [1.807, 2.05) is 7.05 Å². The third-order valence-electron chi connectivity index (χ3n) is 9.51. The molecule has 4 aliphatic carbocycles. The Morgan fingerprint density at radius 1 is 1.21 bits per heavy atom. The van der Waals surface area contributed by atoms with Crippen LogP contribution in [0.4, 0.5) is 0 Å². The number of nitrogens with zero attached hydrogens (tertiary/aromatic N) is 1. The number of fused-ring (bicyclic) bond motifs is 5. The van der Waals surface area contributed by atoms with Gasteiger partial charge in [-0.2, -0.15) is 0 Å². The fourth-order valence-electron chi connectivity index (χ4n) is 8.11. The van der Waals surface area contributed by atoms with Crippen LogP contribution in [0.15, 0.2) is 16.6 Å². The summed E-state index contributed by atoms with van der Waals surface area (Å²) in [6.07, 6.45) is 12.3. The van der Waals surface area contributed by atoms with Crippen molar-refractivity contribution in [1.82, 2.24) is 5.32 Å². The minimum atomic E-state index is -0.0981. The van der Waals surface area contributed by atoms with Crippen LogP contribution >= 0.6 is 0 Å². The van der Waals surface area contributed by atoms with Crippen molar-refractivity contribution in [2.45, 2.75) is 91.2 Å². The van der Waals surface area contributed by atoms with Crippen LogP contribution in [0.2, 0.25) is 0 Å². The lowest BCUT2D eigenvalue weighted by Gasteiger charge is -2.58. The number of nitrogens with one attached hydrogen (secondary N) is 1. The highest BCUT2D eigenvalue weighted by atomic mass is 16.3. The first-order chi connectivity index (χ1) is 13.3. The molecule has 0 aromatic carbocycles. The van der Waals surface area contributed by atoms with Crippen LogP contribution in [-0.2, 0) is 0 Å². The molecule has 3 saturated carbocycles. The third-order valence-corrected chi connectivity index (χ3v) is 9.51. The largest absolute Gasteiger partial charge is 0.393 e. The van der Waals surface area contributed by atoms with E-state index in [4.69, 9.17) is 4.99 Å². The van der Waals surface area contributed by atoms with Gasteiger partial charge < -0.3 is 10.4 Å². The number of aliphatic hydroxyl groups excluding tert-OH is 1.